The van der Waals surface area contributed by atoms with Crippen molar-refractivity contribution in [2.24, 2.45) is 10.7 Å². The fraction of sp³-hybridized carbons (Fsp3) is 1.00. The van der Waals surface area contributed by atoms with Gasteiger partial charge in [0.25, 0.3) is 0 Å². The summed E-state index contributed by atoms with van der Waals surface area (Å²) in [5, 5.41) is 0. The molecule has 0 amide bonds. The van der Waals surface area contributed by atoms with Crippen molar-refractivity contribution in [3.63, 3.8) is 0 Å². The summed E-state index contributed by atoms with van der Waals surface area (Å²) in [5.74, 6) is 0.315. The predicted octanol–water partition coefficient (Wildman–Crippen LogP) is 2.41. The zero-order valence-electron chi connectivity index (χ0n) is 14.1. The molecule has 0 saturated carbocycles. The first-order valence-corrected chi connectivity index (χ1v) is 9.43. The SMILES string of the molecule is [B]N=BOP(=O)(OC[C@H]1O[C@@H](C)C[C@H]1C)O[C@@H]1C[C@H](C)O[C@@H]1C. The Morgan fingerprint density at radius 1 is 1.22 bits per heavy atom. The van der Waals surface area contributed by atoms with Crippen LogP contribution in [0.4, 0.5) is 0 Å². The Balaban J connectivity index is 1.96. The van der Waals surface area contributed by atoms with Gasteiger partial charge >= 0.3 is 139 Å². The van der Waals surface area contributed by atoms with Gasteiger partial charge in [0.15, 0.2) is 0 Å². The summed E-state index contributed by atoms with van der Waals surface area (Å²) in [6.07, 6.45) is 1.04. The van der Waals surface area contributed by atoms with Crippen LogP contribution < -0.4 is 0 Å². The summed E-state index contributed by atoms with van der Waals surface area (Å²) >= 11 is 0. The van der Waals surface area contributed by atoms with Crippen LogP contribution in [0.1, 0.15) is 40.5 Å². The van der Waals surface area contributed by atoms with Crippen LogP contribution >= 0.6 is 7.82 Å². The zero-order valence-corrected chi connectivity index (χ0v) is 15.0. The molecule has 0 N–H and O–H groups in total. The van der Waals surface area contributed by atoms with E-state index in [-0.39, 0.29) is 37.1 Å². The van der Waals surface area contributed by atoms with Crippen LogP contribution in [0.25, 0.3) is 0 Å². The van der Waals surface area contributed by atoms with Crippen LogP contribution in [0.2, 0.25) is 0 Å². The van der Waals surface area contributed by atoms with Gasteiger partial charge < -0.3 is 0 Å². The van der Waals surface area contributed by atoms with Crippen LogP contribution in [0.3, 0.4) is 0 Å². The van der Waals surface area contributed by atoms with E-state index >= 15 is 0 Å². The minimum absolute atomic E-state index is 0.0330. The molecule has 0 bridgehead atoms. The van der Waals surface area contributed by atoms with E-state index in [1.54, 1.807) is 0 Å². The standard InChI is InChI=1S/C13H24B2NO6P/c1-8-5-9(2)20-13(8)7-18-23(17,22-15-16-14)21-12-6-10(3)19-11(12)4/h8-13H,5-7H2,1-4H3/t8-,9+,10+,11-,12-,13-,23?/m1/s1. The molecule has 7 nitrogen and oxygen atoms in total. The van der Waals surface area contributed by atoms with Crippen LogP contribution in [-0.4, -0.2) is 52.4 Å². The molecular formula is C13H24B2NO6P. The molecule has 2 aliphatic rings. The van der Waals surface area contributed by atoms with Crippen molar-refractivity contribution in [3.8, 4) is 0 Å². The topological polar surface area (TPSA) is 75.6 Å². The quantitative estimate of drug-likeness (QED) is 0.522. The number of phosphoric acid groups is 1. The Bertz CT molecular complexity index is 468. The molecule has 0 aliphatic carbocycles. The maximum atomic E-state index is 12.8. The monoisotopic (exact) mass is 343 g/mol. The first-order chi connectivity index (χ1) is 10.8. The van der Waals surface area contributed by atoms with Gasteiger partial charge in [-0.3, -0.25) is 0 Å². The fourth-order valence-electron chi connectivity index (χ4n) is 3.03. The summed E-state index contributed by atoms with van der Waals surface area (Å²) in [5.41, 5.74) is 0. The van der Waals surface area contributed by atoms with Crippen LogP contribution in [0, 0.1) is 5.92 Å². The molecule has 2 rings (SSSR count). The van der Waals surface area contributed by atoms with Gasteiger partial charge in [0, 0.05) is 0 Å². The molecule has 1 unspecified atom stereocenters. The molecule has 2 fully saturated rings. The average molecular weight is 343 g/mol. The van der Waals surface area contributed by atoms with E-state index in [2.05, 4.69) is 11.7 Å². The fourth-order valence-corrected chi connectivity index (χ4v) is 4.29. The first-order valence-electron chi connectivity index (χ1n) is 7.97. The second kappa shape index (κ2) is 8.26. The number of nitrogens with zero attached hydrogens (tertiary/aromatic N) is 1. The van der Waals surface area contributed by atoms with Crippen molar-refractivity contribution < 1.29 is 27.5 Å². The van der Waals surface area contributed by atoms with Gasteiger partial charge in [-0.2, -0.15) is 0 Å². The van der Waals surface area contributed by atoms with Crippen LogP contribution in [-0.2, 0) is 27.5 Å². The molecule has 10 heteroatoms. The summed E-state index contributed by atoms with van der Waals surface area (Å²) in [7, 11) is 2.04. The Morgan fingerprint density at radius 2 is 1.91 bits per heavy atom. The second-order valence-corrected chi connectivity index (χ2v) is 7.91. The summed E-state index contributed by atoms with van der Waals surface area (Å²) in [6, 6.07) is 0. The average Bonchev–Trinajstić information content (AvgIpc) is 2.96. The predicted molar refractivity (Wildman–Crippen MR) is 86.2 cm³/mol. The van der Waals surface area contributed by atoms with Crippen LogP contribution in [0.5, 0.6) is 0 Å². The molecule has 23 heavy (non-hydrogen) atoms. The van der Waals surface area contributed by atoms with Crippen molar-refractivity contribution in [2.75, 3.05) is 6.61 Å². The Labute approximate surface area is 139 Å². The molecule has 128 valence electrons. The molecule has 0 aromatic carbocycles. The van der Waals surface area contributed by atoms with Gasteiger partial charge in [-0.05, 0) is 0 Å². The van der Waals surface area contributed by atoms with Crippen molar-refractivity contribution in [1.82, 2.24) is 0 Å². The van der Waals surface area contributed by atoms with Crippen molar-refractivity contribution >= 4 is 23.1 Å². The van der Waals surface area contributed by atoms with Gasteiger partial charge in [-0.1, -0.05) is 0 Å². The molecule has 0 spiro atoms. The second-order valence-electron chi connectivity index (χ2n) is 6.33. The molecule has 7 atom stereocenters. The van der Waals surface area contributed by atoms with E-state index in [4.69, 9.17) is 30.9 Å². The third-order valence-electron chi connectivity index (χ3n) is 4.18. The Morgan fingerprint density at radius 3 is 2.43 bits per heavy atom. The molecule has 2 aliphatic heterocycles. The van der Waals surface area contributed by atoms with E-state index < -0.39 is 7.82 Å². The van der Waals surface area contributed by atoms with E-state index in [0.717, 1.165) is 13.7 Å². The number of ether oxygens (including phenoxy) is 2. The Kier molecular flexibility index (Phi) is 6.87. The van der Waals surface area contributed by atoms with E-state index in [1.165, 1.54) is 0 Å². The molecule has 2 heterocycles. The molecule has 2 radical (unpaired) electrons. The van der Waals surface area contributed by atoms with E-state index in [1.807, 2.05) is 20.8 Å². The van der Waals surface area contributed by atoms with Gasteiger partial charge in [0.2, 0.25) is 0 Å². The van der Waals surface area contributed by atoms with Crippen molar-refractivity contribution in [2.45, 2.75) is 71.1 Å². The van der Waals surface area contributed by atoms with Crippen LogP contribution in [0.15, 0.2) is 4.81 Å². The number of hydrogen-bond donors (Lipinski definition) is 0. The summed E-state index contributed by atoms with van der Waals surface area (Å²) < 4.78 is 40.2. The number of hydrogen-bond acceptors (Lipinski definition) is 7. The molecule has 0 aromatic rings. The number of rotatable bonds is 7. The summed E-state index contributed by atoms with van der Waals surface area (Å²) in [4.78, 5) is 3.19. The third-order valence-corrected chi connectivity index (χ3v) is 5.53. The summed E-state index contributed by atoms with van der Waals surface area (Å²) in [6.45, 7) is 7.99. The van der Waals surface area contributed by atoms with Gasteiger partial charge in [-0.25, -0.2) is 0 Å². The molecule has 2 saturated heterocycles. The maximum absolute atomic E-state index is 12.8. The zero-order chi connectivity index (χ0) is 17.0. The van der Waals surface area contributed by atoms with Crippen molar-refractivity contribution in [1.29, 1.82) is 0 Å². The van der Waals surface area contributed by atoms with Gasteiger partial charge in [0.1, 0.15) is 0 Å². The van der Waals surface area contributed by atoms with Gasteiger partial charge in [0.05, 0.1) is 0 Å². The first kappa shape index (κ1) is 19.1. The molecular weight excluding hydrogens is 319 g/mol. The minimum atomic E-state index is -3.84. The number of phosphoric ester groups is 1. The normalized spacial score (nSPS) is 40.2. The van der Waals surface area contributed by atoms with Gasteiger partial charge in [-0.15, -0.1) is 0 Å². The molecule has 0 aromatic heterocycles. The van der Waals surface area contributed by atoms with E-state index in [9.17, 15) is 4.57 Å². The third kappa shape index (κ3) is 5.40. The van der Waals surface area contributed by atoms with E-state index in [0.29, 0.717) is 12.3 Å². The van der Waals surface area contributed by atoms with Crippen molar-refractivity contribution in [3.05, 3.63) is 0 Å². The Hall–Kier alpha value is -0.200.